The van der Waals surface area contributed by atoms with Gasteiger partial charge in [-0.15, -0.1) is 0 Å². The van der Waals surface area contributed by atoms with Gasteiger partial charge in [-0.2, -0.15) is 0 Å². The number of benzene rings is 2. The van der Waals surface area contributed by atoms with Gasteiger partial charge in [-0.25, -0.2) is 0 Å². The molecule has 2 aromatic rings. The summed E-state index contributed by atoms with van der Waals surface area (Å²) in [6.45, 7) is 7.71. The van der Waals surface area contributed by atoms with Crippen molar-refractivity contribution in [2.45, 2.75) is 45.7 Å². The second kappa shape index (κ2) is 11.4. The lowest BCUT2D eigenvalue weighted by molar-refractivity contribution is -0.142. The van der Waals surface area contributed by atoms with Crippen molar-refractivity contribution in [2.24, 2.45) is 5.92 Å². The lowest BCUT2D eigenvalue weighted by Crippen LogP contribution is -2.53. The van der Waals surface area contributed by atoms with E-state index in [2.05, 4.69) is 22.3 Å². The van der Waals surface area contributed by atoms with Crippen molar-refractivity contribution in [3.05, 3.63) is 65.7 Å². The van der Waals surface area contributed by atoms with Crippen LogP contribution in [-0.2, 0) is 27.3 Å². The van der Waals surface area contributed by atoms with Crippen LogP contribution in [0.4, 0.5) is 5.69 Å². The molecular weight excluding hydrogens is 440 g/mol. The Labute approximate surface area is 208 Å². The fourth-order valence-electron chi connectivity index (χ4n) is 4.91. The first kappa shape index (κ1) is 24.8. The van der Waals surface area contributed by atoms with E-state index in [1.165, 1.54) is 5.69 Å². The molecule has 1 unspecified atom stereocenters. The summed E-state index contributed by atoms with van der Waals surface area (Å²) < 4.78 is 0. The third-order valence-corrected chi connectivity index (χ3v) is 6.85. The molecule has 1 atom stereocenters. The number of piperazine rings is 1. The number of nitrogens with zero attached hydrogens (tertiary/aromatic N) is 3. The highest BCUT2D eigenvalue weighted by Gasteiger charge is 2.34. The monoisotopic (exact) mass is 476 g/mol. The molecule has 2 aliphatic heterocycles. The number of anilines is 1. The third kappa shape index (κ3) is 6.21. The molecule has 0 bridgehead atoms. The molecule has 1 N–H and O–H groups in total. The van der Waals surface area contributed by atoms with E-state index in [4.69, 9.17) is 0 Å². The number of nitrogens with one attached hydrogen (secondary N) is 1. The van der Waals surface area contributed by atoms with Crippen LogP contribution >= 0.6 is 0 Å². The molecule has 1 saturated heterocycles. The lowest BCUT2D eigenvalue weighted by Gasteiger charge is -2.37. The van der Waals surface area contributed by atoms with Gasteiger partial charge in [0.05, 0.1) is 0 Å². The van der Waals surface area contributed by atoms with Crippen LogP contribution in [0.2, 0.25) is 0 Å². The van der Waals surface area contributed by atoms with Crippen LogP contribution in [0.5, 0.6) is 0 Å². The van der Waals surface area contributed by atoms with E-state index in [0.717, 1.165) is 24.2 Å². The minimum Gasteiger partial charge on any atom is -0.368 e. The Morgan fingerprint density at radius 3 is 2.23 bits per heavy atom. The summed E-state index contributed by atoms with van der Waals surface area (Å²) >= 11 is 0. The van der Waals surface area contributed by atoms with Gasteiger partial charge in [0.2, 0.25) is 17.7 Å². The number of hydrogen-bond donors (Lipinski definition) is 1. The standard InChI is InChI=1S/C28H36N4O3/c1-21(2)18-27(34)32-20-23-9-7-6-8-22(23)19-25(32)28(35)29-13-12-26(33)31-16-14-30(15-17-31)24-10-4-3-5-11-24/h3-11,21,25H,12-20H2,1-2H3,(H,29,35). The van der Waals surface area contributed by atoms with Crippen LogP contribution in [0.25, 0.3) is 0 Å². The Morgan fingerprint density at radius 1 is 0.886 bits per heavy atom. The fourth-order valence-corrected chi connectivity index (χ4v) is 4.91. The Morgan fingerprint density at radius 2 is 1.54 bits per heavy atom. The van der Waals surface area contributed by atoms with Gasteiger partial charge < -0.3 is 20.0 Å². The van der Waals surface area contributed by atoms with Crippen LogP contribution in [-0.4, -0.2) is 66.3 Å². The van der Waals surface area contributed by atoms with Crippen LogP contribution in [0, 0.1) is 5.92 Å². The van der Waals surface area contributed by atoms with E-state index in [0.29, 0.717) is 32.5 Å². The molecule has 0 saturated carbocycles. The summed E-state index contributed by atoms with van der Waals surface area (Å²) in [4.78, 5) is 44.7. The molecule has 0 aromatic heterocycles. The number of carbonyl (C=O) groups excluding carboxylic acids is 3. The predicted octanol–water partition coefficient (Wildman–Crippen LogP) is 2.84. The van der Waals surface area contributed by atoms with Crippen LogP contribution in [0.15, 0.2) is 54.6 Å². The molecule has 7 nitrogen and oxygen atoms in total. The Kier molecular flexibility index (Phi) is 8.06. The molecule has 2 heterocycles. The summed E-state index contributed by atoms with van der Waals surface area (Å²) in [5.74, 6) is 0.100. The molecule has 7 heteroatoms. The predicted molar refractivity (Wildman–Crippen MR) is 137 cm³/mol. The summed E-state index contributed by atoms with van der Waals surface area (Å²) in [5, 5.41) is 2.94. The lowest BCUT2D eigenvalue weighted by atomic mass is 9.92. The van der Waals surface area contributed by atoms with Crippen molar-refractivity contribution < 1.29 is 14.4 Å². The SMILES string of the molecule is CC(C)CC(=O)N1Cc2ccccc2CC1C(=O)NCCC(=O)N1CCN(c2ccccc2)CC1. The zero-order valence-electron chi connectivity index (χ0n) is 20.8. The second-order valence-corrected chi connectivity index (χ2v) is 9.85. The average Bonchev–Trinajstić information content (AvgIpc) is 2.88. The maximum absolute atomic E-state index is 13.1. The quantitative estimate of drug-likeness (QED) is 0.667. The van der Waals surface area contributed by atoms with Crippen LogP contribution in [0.1, 0.15) is 37.8 Å². The third-order valence-electron chi connectivity index (χ3n) is 6.85. The molecule has 0 radical (unpaired) electrons. The maximum Gasteiger partial charge on any atom is 0.243 e. The Hall–Kier alpha value is -3.35. The second-order valence-electron chi connectivity index (χ2n) is 9.85. The minimum absolute atomic E-state index is 0.00187. The van der Waals surface area contributed by atoms with E-state index >= 15 is 0 Å². The van der Waals surface area contributed by atoms with Gasteiger partial charge in [-0.1, -0.05) is 56.3 Å². The zero-order valence-corrected chi connectivity index (χ0v) is 20.8. The number of fused-ring (bicyclic) bond motifs is 1. The van der Waals surface area contributed by atoms with E-state index in [1.807, 2.05) is 61.2 Å². The summed E-state index contributed by atoms with van der Waals surface area (Å²) in [6, 6.07) is 17.7. The average molecular weight is 477 g/mol. The molecule has 0 spiro atoms. The van der Waals surface area contributed by atoms with Crippen molar-refractivity contribution in [3.63, 3.8) is 0 Å². The molecule has 3 amide bonds. The molecule has 35 heavy (non-hydrogen) atoms. The molecule has 0 aliphatic carbocycles. The first-order valence-corrected chi connectivity index (χ1v) is 12.6. The number of hydrogen-bond acceptors (Lipinski definition) is 4. The van der Waals surface area contributed by atoms with Gasteiger partial charge in [0, 0.05) is 64.2 Å². The van der Waals surface area contributed by atoms with Gasteiger partial charge in [0.25, 0.3) is 0 Å². The van der Waals surface area contributed by atoms with Gasteiger partial charge in [-0.3, -0.25) is 14.4 Å². The topological polar surface area (TPSA) is 73.0 Å². The molecule has 1 fully saturated rings. The first-order valence-electron chi connectivity index (χ1n) is 12.6. The van der Waals surface area contributed by atoms with Crippen LogP contribution < -0.4 is 10.2 Å². The summed E-state index contributed by atoms with van der Waals surface area (Å²) in [7, 11) is 0. The van der Waals surface area contributed by atoms with E-state index in [-0.39, 0.29) is 36.6 Å². The first-order chi connectivity index (χ1) is 16.9. The van der Waals surface area contributed by atoms with Crippen molar-refractivity contribution in [3.8, 4) is 0 Å². The van der Waals surface area contributed by atoms with Gasteiger partial charge >= 0.3 is 0 Å². The van der Waals surface area contributed by atoms with Crippen LogP contribution in [0.3, 0.4) is 0 Å². The van der Waals surface area contributed by atoms with E-state index in [1.54, 1.807) is 4.90 Å². The van der Waals surface area contributed by atoms with E-state index in [9.17, 15) is 14.4 Å². The molecule has 4 rings (SSSR count). The Balaban J connectivity index is 1.29. The highest BCUT2D eigenvalue weighted by molar-refractivity contribution is 5.89. The number of para-hydroxylation sites is 1. The largest absolute Gasteiger partial charge is 0.368 e. The summed E-state index contributed by atoms with van der Waals surface area (Å²) in [5.41, 5.74) is 3.38. The summed E-state index contributed by atoms with van der Waals surface area (Å²) in [6.07, 6.45) is 1.18. The highest BCUT2D eigenvalue weighted by atomic mass is 16.2. The molecule has 186 valence electrons. The van der Waals surface area contributed by atoms with Crippen molar-refractivity contribution >= 4 is 23.4 Å². The minimum atomic E-state index is -0.541. The molecule has 2 aromatic carbocycles. The van der Waals surface area contributed by atoms with Gasteiger partial charge in [0.1, 0.15) is 6.04 Å². The fraction of sp³-hybridized carbons (Fsp3) is 0.464. The normalized spacial score (nSPS) is 17.8. The maximum atomic E-state index is 13.1. The Bertz CT molecular complexity index is 1030. The number of rotatable bonds is 7. The highest BCUT2D eigenvalue weighted by Crippen LogP contribution is 2.25. The van der Waals surface area contributed by atoms with Gasteiger partial charge in [-0.05, 0) is 29.2 Å². The molecule has 2 aliphatic rings. The van der Waals surface area contributed by atoms with E-state index < -0.39 is 6.04 Å². The number of amides is 3. The zero-order chi connectivity index (χ0) is 24.8. The van der Waals surface area contributed by atoms with Crippen molar-refractivity contribution in [1.82, 2.24) is 15.1 Å². The molecular formula is C28H36N4O3. The smallest absolute Gasteiger partial charge is 0.243 e. The van der Waals surface area contributed by atoms with Crippen molar-refractivity contribution in [1.29, 1.82) is 0 Å². The number of carbonyl (C=O) groups is 3. The van der Waals surface area contributed by atoms with Crippen molar-refractivity contribution in [2.75, 3.05) is 37.6 Å². The van der Waals surface area contributed by atoms with Gasteiger partial charge in [0.15, 0.2) is 0 Å².